The number of allylic oxidation sites excluding steroid dienone is 1. The quantitative estimate of drug-likeness (QED) is 0.570. The van der Waals surface area contributed by atoms with E-state index in [0.717, 1.165) is 48.0 Å². The second-order valence-electron chi connectivity index (χ2n) is 8.64. The number of ether oxygens (including phenoxy) is 2. The summed E-state index contributed by atoms with van der Waals surface area (Å²) in [4.78, 5) is 30.2. The van der Waals surface area contributed by atoms with Crippen LogP contribution in [0.5, 0.6) is 0 Å². The smallest absolute Gasteiger partial charge is 0.338 e. The Balaban J connectivity index is 1.60. The number of fused-ring (bicyclic) bond motifs is 3. The number of esters is 2. The Hall–Kier alpha value is -3.61. The lowest BCUT2D eigenvalue weighted by Crippen LogP contribution is -2.31. The van der Waals surface area contributed by atoms with E-state index in [9.17, 15) is 9.59 Å². The average molecular weight is 446 g/mol. The number of hydrogen-bond acceptors (Lipinski definition) is 6. The maximum atomic E-state index is 13.5. The van der Waals surface area contributed by atoms with Crippen molar-refractivity contribution in [1.82, 2.24) is 9.55 Å². The first-order valence-electron chi connectivity index (χ1n) is 11.4. The fraction of sp³-hybridized carbons (Fsp3) is 0.346. The van der Waals surface area contributed by atoms with E-state index in [0.29, 0.717) is 17.1 Å². The number of para-hydroxylation sites is 2. The summed E-state index contributed by atoms with van der Waals surface area (Å²) in [6.07, 6.45) is 5.13. The minimum Gasteiger partial charge on any atom is -0.465 e. The van der Waals surface area contributed by atoms with Gasteiger partial charge in [-0.3, -0.25) is 4.57 Å². The van der Waals surface area contributed by atoms with E-state index in [-0.39, 0.29) is 12.1 Å². The highest BCUT2D eigenvalue weighted by Gasteiger charge is 2.36. The highest BCUT2D eigenvalue weighted by molar-refractivity contribution is 5.94. The monoisotopic (exact) mass is 445 g/mol. The minimum atomic E-state index is -0.434. The van der Waals surface area contributed by atoms with Crippen molar-refractivity contribution in [2.24, 2.45) is 0 Å². The molecular weight excluding hydrogens is 418 g/mol. The van der Waals surface area contributed by atoms with E-state index >= 15 is 0 Å². The molecule has 1 fully saturated rings. The van der Waals surface area contributed by atoms with Gasteiger partial charge in [0.25, 0.3) is 0 Å². The molecule has 1 atom stereocenters. The fourth-order valence-electron chi connectivity index (χ4n) is 4.86. The van der Waals surface area contributed by atoms with Gasteiger partial charge in [-0.1, -0.05) is 30.7 Å². The Bertz CT molecular complexity index is 1240. The standard InChI is InChI=1S/C26H27N3O4/c1-16-22(25(31)33-19-8-4-3-5-9-19)23(17-12-14-18(15-13-17)24(30)32-2)29-21-11-7-6-10-20(21)28-26(29)27-16/h6-7,10-15,19,23H,3-5,8-9H2,1-2H3,(H,27,28)/t23-/m0/s1. The van der Waals surface area contributed by atoms with E-state index in [1.807, 2.05) is 47.9 Å². The number of carbonyl (C=O) groups is 2. The summed E-state index contributed by atoms with van der Waals surface area (Å²) in [5.74, 6) is -0.0355. The van der Waals surface area contributed by atoms with Gasteiger partial charge in [0.2, 0.25) is 5.95 Å². The van der Waals surface area contributed by atoms with Crippen LogP contribution < -0.4 is 5.32 Å². The molecule has 2 aromatic carbocycles. The molecule has 2 heterocycles. The number of anilines is 1. The van der Waals surface area contributed by atoms with Crippen molar-refractivity contribution in [1.29, 1.82) is 0 Å². The van der Waals surface area contributed by atoms with Crippen LogP contribution in [0.25, 0.3) is 11.0 Å². The maximum Gasteiger partial charge on any atom is 0.338 e. The minimum absolute atomic E-state index is 0.0465. The molecule has 33 heavy (non-hydrogen) atoms. The number of nitrogens with zero attached hydrogens (tertiary/aromatic N) is 2. The van der Waals surface area contributed by atoms with Crippen LogP contribution in [-0.2, 0) is 14.3 Å². The van der Waals surface area contributed by atoms with Crippen molar-refractivity contribution in [2.75, 3.05) is 12.4 Å². The molecule has 0 saturated heterocycles. The number of rotatable bonds is 4. The summed E-state index contributed by atoms with van der Waals surface area (Å²) in [5.41, 5.74) is 4.35. The highest BCUT2D eigenvalue weighted by atomic mass is 16.5. The van der Waals surface area contributed by atoms with E-state index in [4.69, 9.17) is 14.5 Å². The zero-order chi connectivity index (χ0) is 22.9. The van der Waals surface area contributed by atoms with Crippen LogP contribution in [0.15, 0.2) is 59.8 Å². The molecule has 1 aliphatic carbocycles. The lowest BCUT2D eigenvalue weighted by molar-refractivity contribution is -0.146. The van der Waals surface area contributed by atoms with Crippen LogP contribution in [0.1, 0.15) is 61.0 Å². The van der Waals surface area contributed by atoms with E-state index in [1.54, 1.807) is 12.1 Å². The van der Waals surface area contributed by atoms with Gasteiger partial charge in [-0.15, -0.1) is 0 Å². The third-order valence-electron chi connectivity index (χ3n) is 6.52. The van der Waals surface area contributed by atoms with Crippen molar-refractivity contribution >= 4 is 28.9 Å². The molecule has 7 nitrogen and oxygen atoms in total. The third-order valence-corrected chi connectivity index (χ3v) is 6.52. The molecule has 5 rings (SSSR count). The van der Waals surface area contributed by atoms with Crippen molar-refractivity contribution in [3.05, 3.63) is 70.9 Å². The van der Waals surface area contributed by atoms with Gasteiger partial charge in [0.05, 0.1) is 35.3 Å². The zero-order valence-electron chi connectivity index (χ0n) is 18.8. The van der Waals surface area contributed by atoms with Crippen LogP contribution in [0.2, 0.25) is 0 Å². The normalized spacial score (nSPS) is 18.5. The van der Waals surface area contributed by atoms with Gasteiger partial charge in [-0.2, -0.15) is 0 Å². The average Bonchev–Trinajstić information content (AvgIpc) is 3.21. The first kappa shape index (κ1) is 21.2. The molecule has 170 valence electrons. The van der Waals surface area contributed by atoms with Gasteiger partial charge in [0.1, 0.15) is 6.10 Å². The zero-order valence-corrected chi connectivity index (χ0v) is 18.8. The molecule has 1 saturated carbocycles. The predicted octanol–water partition coefficient (Wildman–Crippen LogP) is 4.99. The van der Waals surface area contributed by atoms with Gasteiger partial charge in [0, 0.05) is 5.70 Å². The molecule has 1 aromatic heterocycles. The van der Waals surface area contributed by atoms with Crippen LogP contribution in [0.3, 0.4) is 0 Å². The van der Waals surface area contributed by atoms with E-state index in [2.05, 4.69) is 5.32 Å². The van der Waals surface area contributed by atoms with Crippen LogP contribution in [0.4, 0.5) is 5.95 Å². The SMILES string of the molecule is COC(=O)c1ccc([C@H]2C(C(=O)OC3CCCCC3)=C(C)Nc3nc4ccccc4n32)cc1. The van der Waals surface area contributed by atoms with Gasteiger partial charge in [0.15, 0.2) is 0 Å². The summed E-state index contributed by atoms with van der Waals surface area (Å²) >= 11 is 0. The van der Waals surface area contributed by atoms with Crippen molar-refractivity contribution in [3.8, 4) is 0 Å². The molecule has 0 radical (unpaired) electrons. The molecule has 3 aromatic rings. The predicted molar refractivity (Wildman–Crippen MR) is 125 cm³/mol. The molecule has 2 aliphatic rings. The van der Waals surface area contributed by atoms with Crippen molar-refractivity contribution < 1.29 is 19.1 Å². The summed E-state index contributed by atoms with van der Waals surface area (Å²) < 4.78 is 12.9. The molecule has 1 aliphatic heterocycles. The van der Waals surface area contributed by atoms with Crippen LogP contribution in [0, 0.1) is 0 Å². The number of carbonyl (C=O) groups excluding carboxylic acids is 2. The largest absolute Gasteiger partial charge is 0.465 e. The Morgan fingerprint density at radius 1 is 1.00 bits per heavy atom. The van der Waals surface area contributed by atoms with Gasteiger partial charge in [-0.05, 0) is 62.4 Å². The molecule has 0 unspecified atom stereocenters. The van der Waals surface area contributed by atoms with Gasteiger partial charge >= 0.3 is 11.9 Å². The van der Waals surface area contributed by atoms with Gasteiger partial charge in [-0.25, -0.2) is 14.6 Å². The van der Waals surface area contributed by atoms with E-state index in [1.165, 1.54) is 13.5 Å². The second-order valence-corrected chi connectivity index (χ2v) is 8.64. The van der Waals surface area contributed by atoms with Crippen LogP contribution >= 0.6 is 0 Å². The Labute approximate surface area is 192 Å². The summed E-state index contributed by atoms with van der Waals surface area (Å²) in [6, 6.07) is 14.6. The Morgan fingerprint density at radius 3 is 2.45 bits per heavy atom. The topological polar surface area (TPSA) is 82.5 Å². The number of hydrogen-bond donors (Lipinski definition) is 1. The molecule has 0 bridgehead atoms. The Morgan fingerprint density at radius 2 is 1.73 bits per heavy atom. The molecule has 7 heteroatoms. The second kappa shape index (κ2) is 8.73. The number of aromatic nitrogens is 2. The van der Waals surface area contributed by atoms with Crippen LogP contribution in [-0.4, -0.2) is 34.7 Å². The number of nitrogens with one attached hydrogen (secondary N) is 1. The molecule has 1 N–H and O–H groups in total. The molecular formula is C26H27N3O4. The maximum absolute atomic E-state index is 13.5. The fourth-order valence-corrected chi connectivity index (χ4v) is 4.86. The third kappa shape index (κ3) is 3.88. The number of benzene rings is 2. The number of imidazole rings is 1. The first-order chi connectivity index (χ1) is 16.1. The van der Waals surface area contributed by atoms with Crippen molar-refractivity contribution in [3.63, 3.8) is 0 Å². The summed E-state index contributed by atoms with van der Waals surface area (Å²) in [5, 5.41) is 3.31. The molecule has 0 spiro atoms. The first-order valence-corrected chi connectivity index (χ1v) is 11.4. The summed E-state index contributed by atoms with van der Waals surface area (Å²) in [7, 11) is 1.36. The van der Waals surface area contributed by atoms with Gasteiger partial charge < -0.3 is 14.8 Å². The Kier molecular flexibility index (Phi) is 5.62. The molecule has 0 amide bonds. The number of methoxy groups -OCH3 is 1. The van der Waals surface area contributed by atoms with Crippen molar-refractivity contribution in [2.45, 2.75) is 51.2 Å². The lowest BCUT2D eigenvalue weighted by atomic mass is 9.93. The lowest BCUT2D eigenvalue weighted by Gasteiger charge is -2.31. The van der Waals surface area contributed by atoms with E-state index < -0.39 is 12.0 Å². The summed E-state index contributed by atoms with van der Waals surface area (Å²) in [6.45, 7) is 1.89. The highest BCUT2D eigenvalue weighted by Crippen LogP contribution is 2.40.